The topological polar surface area (TPSA) is 18.5 Å². The van der Waals surface area contributed by atoms with Crippen molar-refractivity contribution in [2.24, 2.45) is 0 Å². The minimum absolute atomic E-state index is 0.426. The van der Waals surface area contributed by atoms with Gasteiger partial charge in [0, 0.05) is 18.1 Å². The van der Waals surface area contributed by atoms with E-state index in [9.17, 15) is 0 Å². The van der Waals surface area contributed by atoms with E-state index in [0.717, 1.165) is 6.04 Å². The van der Waals surface area contributed by atoms with Gasteiger partial charge < -0.3 is 15.1 Å². The lowest BCUT2D eigenvalue weighted by Crippen LogP contribution is -2.54. The number of hydrogen-bond donors (Lipinski definition) is 1. The van der Waals surface area contributed by atoms with E-state index in [1.807, 2.05) is 0 Å². The van der Waals surface area contributed by atoms with Crippen molar-refractivity contribution in [2.75, 3.05) is 40.3 Å². The van der Waals surface area contributed by atoms with Crippen LogP contribution in [-0.2, 0) is 0 Å². The van der Waals surface area contributed by atoms with Crippen molar-refractivity contribution in [3.05, 3.63) is 0 Å². The third-order valence-corrected chi connectivity index (χ3v) is 5.72. The summed E-state index contributed by atoms with van der Waals surface area (Å²) >= 11 is 0. The lowest BCUT2D eigenvalue weighted by molar-refractivity contribution is 0.0943. The molecule has 3 heteroatoms. The van der Waals surface area contributed by atoms with Crippen molar-refractivity contribution in [2.45, 2.75) is 69.9 Å². The van der Waals surface area contributed by atoms with Crippen LogP contribution in [0.4, 0.5) is 0 Å². The van der Waals surface area contributed by atoms with Gasteiger partial charge >= 0.3 is 0 Å². The molecule has 1 aliphatic carbocycles. The number of rotatable bonds is 5. The molecule has 118 valence electrons. The van der Waals surface area contributed by atoms with Crippen LogP contribution in [0.5, 0.6) is 0 Å². The van der Waals surface area contributed by atoms with Gasteiger partial charge in [0.1, 0.15) is 0 Å². The second-order valence-corrected chi connectivity index (χ2v) is 7.12. The second-order valence-electron chi connectivity index (χ2n) is 7.12. The van der Waals surface area contributed by atoms with E-state index in [1.165, 1.54) is 77.5 Å². The summed E-state index contributed by atoms with van der Waals surface area (Å²) in [6.07, 6.45) is 11.1. The van der Waals surface area contributed by atoms with Crippen LogP contribution in [0.25, 0.3) is 0 Å². The van der Waals surface area contributed by atoms with Crippen LogP contribution in [0, 0.1) is 0 Å². The molecule has 0 bridgehead atoms. The molecule has 20 heavy (non-hydrogen) atoms. The van der Waals surface area contributed by atoms with Crippen LogP contribution in [-0.4, -0.2) is 61.7 Å². The van der Waals surface area contributed by atoms with Crippen molar-refractivity contribution in [1.82, 2.24) is 15.1 Å². The maximum Gasteiger partial charge on any atom is 0.0327 e. The molecule has 0 aromatic rings. The first-order chi connectivity index (χ1) is 9.66. The summed E-state index contributed by atoms with van der Waals surface area (Å²) in [4.78, 5) is 5.10. The molecule has 1 atom stereocenters. The fraction of sp³-hybridized carbons (Fsp3) is 1.00. The maximum absolute atomic E-state index is 3.93. The molecule has 2 aliphatic rings. The van der Waals surface area contributed by atoms with Gasteiger partial charge in [0.25, 0.3) is 0 Å². The fourth-order valence-electron chi connectivity index (χ4n) is 4.00. The van der Waals surface area contributed by atoms with Gasteiger partial charge in [-0.1, -0.05) is 26.2 Å². The third-order valence-electron chi connectivity index (χ3n) is 5.72. The predicted octanol–water partition coefficient (Wildman–Crippen LogP) is 2.71. The van der Waals surface area contributed by atoms with Crippen LogP contribution in [0.2, 0.25) is 0 Å². The minimum Gasteiger partial charge on any atom is -0.312 e. The van der Waals surface area contributed by atoms with E-state index < -0.39 is 0 Å². The Morgan fingerprint density at radius 2 is 1.80 bits per heavy atom. The average Bonchev–Trinajstić information content (AvgIpc) is 2.71. The van der Waals surface area contributed by atoms with Crippen molar-refractivity contribution in [3.8, 4) is 0 Å². The van der Waals surface area contributed by atoms with Crippen molar-refractivity contribution < 1.29 is 0 Å². The van der Waals surface area contributed by atoms with Gasteiger partial charge in [0.05, 0.1) is 0 Å². The molecule has 1 saturated heterocycles. The molecule has 3 nitrogen and oxygen atoms in total. The summed E-state index contributed by atoms with van der Waals surface area (Å²) in [5.74, 6) is 0. The molecular formula is C17H35N3. The Balaban J connectivity index is 1.83. The van der Waals surface area contributed by atoms with Crippen molar-refractivity contribution in [1.29, 1.82) is 0 Å². The number of hydrogen-bond acceptors (Lipinski definition) is 3. The van der Waals surface area contributed by atoms with E-state index in [2.05, 4.69) is 36.1 Å². The van der Waals surface area contributed by atoms with Gasteiger partial charge in [0.2, 0.25) is 0 Å². The van der Waals surface area contributed by atoms with E-state index in [0.29, 0.717) is 5.54 Å². The second kappa shape index (κ2) is 7.77. The van der Waals surface area contributed by atoms with Crippen LogP contribution in [0.3, 0.4) is 0 Å². The van der Waals surface area contributed by atoms with Gasteiger partial charge in [-0.25, -0.2) is 0 Å². The highest BCUT2D eigenvalue weighted by Gasteiger charge is 2.34. The van der Waals surface area contributed by atoms with Crippen LogP contribution in [0.15, 0.2) is 0 Å². The van der Waals surface area contributed by atoms with E-state index in [-0.39, 0.29) is 0 Å². The summed E-state index contributed by atoms with van der Waals surface area (Å²) in [5, 5.41) is 3.93. The van der Waals surface area contributed by atoms with E-state index in [1.54, 1.807) is 0 Å². The first-order valence-electron chi connectivity index (χ1n) is 8.79. The monoisotopic (exact) mass is 281 g/mol. The maximum atomic E-state index is 3.93. The van der Waals surface area contributed by atoms with Gasteiger partial charge in [0.15, 0.2) is 0 Å². The van der Waals surface area contributed by atoms with Gasteiger partial charge in [-0.3, -0.25) is 0 Å². The molecule has 1 saturated carbocycles. The fourth-order valence-corrected chi connectivity index (χ4v) is 4.00. The molecule has 0 spiro atoms. The molecule has 2 rings (SSSR count). The molecule has 1 N–H and O–H groups in total. The smallest absolute Gasteiger partial charge is 0.0327 e. The van der Waals surface area contributed by atoms with Gasteiger partial charge in [-0.15, -0.1) is 0 Å². The molecule has 1 heterocycles. The third kappa shape index (κ3) is 4.19. The molecule has 0 radical (unpaired) electrons. The molecule has 1 aliphatic heterocycles. The highest BCUT2D eigenvalue weighted by molar-refractivity contribution is 4.93. The summed E-state index contributed by atoms with van der Waals surface area (Å²) in [5.41, 5.74) is 0.426. The molecule has 1 unspecified atom stereocenters. The highest BCUT2D eigenvalue weighted by Crippen LogP contribution is 2.31. The zero-order valence-corrected chi connectivity index (χ0v) is 14.0. The summed E-state index contributed by atoms with van der Waals surface area (Å²) < 4.78 is 0. The summed E-state index contributed by atoms with van der Waals surface area (Å²) in [7, 11) is 4.55. The predicted molar refractivity (Wildman–Crippen MR) is 87.3 cm³/mol. The SMILES string of the molecule is CCN1CCCC(NCC2(N(C)C)CCCCC2)CC1. The quantitative estimate of drug-likeness (QED) is 0.836. The van der Waals surface area contributed by atoms with Gasteiger partial charge in [-0.05, 0) is 65.8 Å². The Hall–Kier alpha value is -0.120. The molecule has 0 amide bonds. The van der Waals surface area contributed by atoms with Crippen LogP contribution < -0.4 is 5.32 Å². The largest absolute Gasteiger partial charge is 0.312 e. The summed E-state index contributed by atoms with van der Waals surface area (Å²) in [6.45, 7) is 7.28. The lowest BCUT2D eigenvalue weighted by Gasteiger charge is -2.44. The first-order valence-corrected chi connectivity index (χ1v) is 8.79. The Kier molecular flexibility index (Phi) is 6.31. The van der Waals surface area contributed by atoms with E-state index >= 15 is 0 Å². The Bertz CT molecular complexity index is 271. The van der Waals surface area contributed by atoms with Crippen LogP contribution >= 0.6 is 0 Å². The average molecular weight is 281 g/mol. The Morgan fingerprint density at radius 1 is 1.05 bits per heavy atom. The number of likely N-dealkylation sites (N-methyl/N-ethyl adjacent to an activating group) is 1. The van der Waals surface area contributed by atoms with E-state index in [4.69, 9.17) is 0 Å². The molecule has 0 aromatic carbocycles. The number of nitrogens with zero attached hydrogens (tertiary/aromatic N) is 2. The first kappa shape index (κ1) is 16.3. The summed E-state index contributed by atoms with van der Waals surface area (Å²) in [6, 6.07) is 0.741. The standard InChI is InChI=1S/C17H35N3/c1-4-20-13-8-9-16(10-14-20)18-15-17(19(2)3)11-6-5-7-12-17/h16,18H,4-15H2,1-3H3. The number of likely N-dealkylation sites (tertiary alicyclic amines) is 1. The van der Waals surface area contributed by atoms with Gasteiger partial charge in [-0.2, -0.15) is 0 Å². The van der Waals surface area contributed by atoms with Crippen molar-refractivity contribution in [3.63, 3.8) is 0 Å². The van der Waals surface area contributed by atoms with Crippen LogP contribution in [0.1, 0.15) is 58.3 Å². The molecule has 2 fully saturated rings. The Labute approximate surface area is 126 Å². The number of nitrogens with one attached hydrogen (secondary N) is 1. The zero-order chi connectivity index (χ0) is 14.4. The minimum atomic E-state index is 0.426. The zero-order valence-electron chi connectivity index (χ0n) is 14.0. The lowest BCUT2D eigenvalue weighted by atomic mass is 9.80. The molecule has 0 aromatic heterocycles. The normalized spacial score (nSPS) is 28.5. The Morgan fingerprint density at radius 3 is 2.45 bits per heavy atom. The molecular weight excluding hydrogens is 246 g/mol. The highest BCUT2D eigenvalue weighted by atomic mass is 15.2. The van der Waals surface area contributed by atoms with Crippen molar-refractivity contribution >= 4 is 0 Å².